The summed E-state index contributed by atoms with van der Waals surface area (Å²) in [6.07, 6.45) is 9.46. The number of urea groups is 1. The second-order valence-electron chi connectivity index (χ2n) is 7.67. The molecule has 2 bridgehead atoms. The Kier molecular flexibility index (Phi) is 2.99. The maximum atomic E-state index is 12.0. The fourth-order valence-electron chi connectivity index (χ4n) is 5.46. The lowest BCUT2D eigenvalue weighted by Crippen LogP contribution is -2.52. The normalized spacial score (nSPS) is 44.0. The minimum atomic E-state index is -0.622. The first-order chi connectivity index (χ1) is 9.65. The van der Waals surface area contributed by atoms with E-state index in [1.807, 2.05) is 0 Å². The molecule has 0 aromatic carbocycles. The zero-order valence-electron chi connectivity index (χ0n) is 12.1. The Morgan fingerprint density at radius 2 is 1.90 bits per heavy atom. The Hall–Kier alpha value is -0.770. The second kappa shape index (κ2) is 4.62. The van der Waals surface area contributed by atoms with Gasteiger partial charge in [0.15, 0.2) is 0 Å². The van der Waals surface area contributed by atoms with Crippen LogP contribution in [-0.4, -0.2) is 29.3 Å². The molecule has 4 aliphatic rings. The van der Waals surface area contributed by atoms with E-state index < -0.39 is 5.60 Å². The molecule has 3 N–H and O–H groups in total. The summed E-state index contributed by atoms with van der Waals surface area (Å²) < 4.78 is 0. The van der Waals surface area contributed by atoms with Crippen molar-refractivity contribution in [1.29, 1.82) is 0 Å². The van der Waals surface area contributed by atoms with Crippen molar-refractivity contribution >= 4 is 6.03 Å². The number of hydrogen-bond donors (Lipinski definition) is 3. The molecule has 0 aromatic rings. The predicted octanol–water partition coefficient (Wildman–Crippen LogP) is 2.03. The standard InChI is InChI=1S/C16H26N2O2/c19-15(17-9-16(20)5-2-6-16)18-14-8-10-7-13(14)12-4-1-3-11(10)12/h10-14,20H,1-9H2,(H2,17,18,19). The minimum absolute atomic E-state index is 0.0718. The van der Waals surface area contributed by atoms with E-state index >= 15 is 0 Å². The first-order valence-corrected chi connectivity index (χ1v) is 8.41. The molecule has 4 nitrogen and oxygen atoms in total. The van der Waals surface area contributed by atoms with E-state index in [1.165, 1.54) is 32.1 Å². The maximum absolute atomic E-state index is 12.0. The molecule has 0 spiro atoms. The summed E-state index contributed by atoms with van der Waals surface area (Å²) >= 11 is 0. The predicted molar refractivity (Wildman–Crippen MR) is 76.2 cm³/mol. The number of fused-ring (bicyclic) bond motifs is 5. The number of carbonyl (C=O) groups excluding carboxylic acids is 1. The van der Waals surface area contributed by atoms with Crippen LogP contribution in [0.3, 0.4) is 0 Å². The number of aliphatic hydroxyl groups is 1. The third-order valence-electron chi connectivity index (χ3n) is 6.61. The van der Waals surface area contributed by atoms with E-state index in [-0.39, 0.29) is 6.03 Å². The quantitative estimate of drug-likeness (QED) is 0.739. The van der Waals surface area contributed by atoms with Gasteiger partial charge in [-0.2, -0.15) is 0 Å². The molecule has 0 aliphatic heterocycles. The van der Waals surface area contributed by atoms with Gasteiger partial charge in [-0.05, 0) is 68.6 Å². The van der Waals surface area contributed by atoms with E-state index in [9.17, 15) is 9.90 Å². The molecule has 0 radical (unpaired) electrons. The molecule has 112 valence electrons. The number of amides is 2. The van der Waals surface area contributed by atoms with E-state index in [0.29, 0.717) is 12.6 Å². The Morgan fingerprint density at radius 1 is 1.10 bits per heavy atom. The van der Waals surface area contributed by atoms with Crippen LogP contribution in [0.1, 0.15) is 51.4 Å². The summed E-state index contributed by atoms with van der Waals surface area (Å²) in [5, 5.41) is 16.1. The smallest absolute Gasteiger partial charge is 0.315 e. The van der Waals surface area contributed by atoms with Crippen molar-refractivity contribution in [3.05, 3.63) is 0 Å². The van der Waals surface area contributed by atoms with Crippen molar-refractivity contribution in [3.63, 3.8) is 0 Å². The zero-order chi connectivity index (χ0) is 13.7. The van der Waals surface area contributed by atoms with Crippen LogP contribution in [0.2, 0.25) is 0 Å². The molecule has 0 heterocycles. The molecule has 2 amide bonds. The van der Waals surface area contributed by atoms with Crippen molar-refractivity contribution in [2.24, 2.45) is 23.7 Å². The van der Waals surface area contributed by atoms with Crippen LogP contribution in [0.4, 0.5) is 4.79 Å². The molecule has 0 aromatic heterocycles. The van der Waals surface area contributed by atoms with E-state index in [1.54, 1.807) is 0 Å². The molecule has 4 saturated carbocycles. The number of carbonyl (C=O) groups is 1. The van der Waals surface area contributed by atoms with E-state index in [4.69, 9.17) is 0 Å². The van der Waals surface area contributed by atoms with Crippen LogP contribution in [-0.2, 0) is 0 Å². The largest absolute Gasteiger partial charge is 0.388 e. The zero-order valence-corrected chi connectivity index (χ0v) is 12.1. The lowest BCUT2D eigenvalue weighted by molar-refractivity contribution is -0.0291. The lowest BCUT2D eigenvalue weighted by Gasteiger charge is -2.37. The fraction of sp³-hybridized carbons (Fsp3) is 0.938. The Labute approximate surface area is 120 Å². The Balaban J connectivity index is 1.28. The number of rotatable bonds is 3. The van der Waals surface area contributed by atoms with Crippen LogP contribution >= 0.6 is 0 Å². The highest BCUT2D eigenvalue weighted by molar-refractivity contribution is 5.74. The van der Waals surface area contributed by atoms with Gasteiger partial charge < -0.3 is 15.7 Å². The fourth-order valence-corrected chi connectivity index (χ4v) is 5.46. The summed E-state index contributed by atoms with van der Waals surface area (Å²) in [5.74, 6) is 3.45. The third kappa shape index (κ3) is 2.03. The summed E-state index contributed by atoms with van der Waals surface area (Å²) in [6.45, 7) is 0.408. The van der Waals surface area contributed by atoms with Crippen LogP contribution < -0.4 is 10.6 Å². The maximum Gasteiger partial charge on any atom is 0.315 e. The molecular formula is C16H26N2O2. The number of nitrogens with one attached hydrogen (secondary N) is 2. The van der Waals surface area contributed by atoms with Crippen molar-refractivity contribution in [1.82, 2.24) is 10.6 Å². The summed E-state index contributed by atoms with van der Waals surface area (Å²) in [5.41, 5.74) is -0.622. The molecule has 4 fully saturated rings. The molecule has 4 heteroatoms. The molecule has 20 heavy (non-hydrogen) atoms. The van der Waals surface area contributed by atoms with Crippen molar-refractivity contribution < 1.29 is 9.90 Å². The molecule has 5 atom stereocenters. The molecule has 0 saturated heterocycles. The van der Waals surface area contributed by atoms with Gasteiger partial charge in [0.05, 0.1) is 5.60 Å². The van der Waals surface area contributed by atoms with Crippen LogP contribution in [0.15, 0.2) is 0 Å². The summed E-state index contributed by atoms with van der Waals surface area (Å²) in [7, 11) is 0. The van der Waals surface area contributed by atoms with E-state index in [0.717, 1.165) is 42.9 Å². The van der Waals surface area contributed by atoms with Gasteiger partial charge in [0.2, 0.25) is 0 Å². The van der Waals surface area contributed by atoms with Crippen molar-refractivity contribution in [2.45, 2.75) is 63.0 Å². The summed E-state index contributed by atoms with van der Waals surface area (Å²) in [4.78, 5) is 12.0. The van der Waals surface area contributed by atoms with Gasteiger partial charge >= 0.3 is 6.03 Å². The van der Waals surface area contributed by atoms with Gasteiger partial charge in [0.25, 0.3) is 0 Å². The lowest BCUT2D eigenvalue weighted by atomic mass is 9.79. The van der Waals surface area contributed by atoms with Gasteiger partial charge in [0.1, 0.15) is 0 Å². The average Bonchev–Trinajstić information content (AvgIpc) is 3.05. The van der Waals surface area contributed by atoms with Crippen molar-refractivity contribution in [3.8, 4) is 0 Å². The first kappa shape index (κ1) is 12.9. The van der Waals surface area contributed by atoms with Crippen molar-refractivity contribution in [2.75, 3.05) is 6.54 Å². The molecule has 5 unspecified atom stereocenters. The van der Waals surface area contributed by atoms with Gasteiger partial charge in [-0.15, -0.1) is 0 Å². The number of hydrogen-bond acceptors (Lipinski definition) is 2. The van der Waals surface area contributed by atoms with Gasteiger partial charge in [0, 0.05) is 12.6 Å². The first-order valence-electron chi connectivity index (χ1n) is 8.41. The van der Waals surface area contributed by atoms with Crippen LogP contribution in [0.5, 0.6) is 0 Å². The van der Waals surface area contributed by atoms with Gasteiger partial charge in [-0.25, -0.2) is 4.79 Å². The van der Waals surface area contributed by atoms with Crippen LogP contribution in [0.25, 0.3) is 0 Å². The SMILES string of the molecule is O=C(NCC1(O)CCC1)NC1CC2CC1C1CCCC21. The average molecular weight is 278 g/mol. The molecule has 4 rings (SSSR count). The van der Waals surface area contributed by atoms with E-state index in [2.05, 4.69) is 10.6 Å². The Bertz CT molecular complexity index is 407. The Morgan fingerprint density at radius 3 is 2.65 bits per heavy atom. The monoisotopic (exact) mass is 278 g/mol. The third-order valence-corrected chi connectivity index (χ3v) is 6.61. The topological polar surface area (TPSA) is 61.4 Å². The molecular weight excluding hydrogens is 252 g/mol. The van der Waals surface area contributed by atoms with Gasteiger partial charge in [-0.1, -0.05) is 6.42 Å². The van der Waals surface area contributed by atoms with Gasteiger partial charge in [-0.3, -0.25) is 0 Å². The highest BCUT2D eigenvalue weighted by Gasteiger charge is 2.54. The molecule has 4 aliphatic carbocycles. The second-order valence-corrected chi connectivity index (χ2v) is 7.67. The summed E-state index contributed by atoms with van der Waals surface area (Å²) in [6, 6.07) is 0.313. The highest BCUT2D eigenvalue weighted by Crippen LogP contribution is 2.58. The van der Waals surface area contributed by atoms with Crippen LogP contribution in [0, 0.1) is 23.7 Å². The minimum Gasteiger partial charge on any atom is -0.388 e. The highest BCUT2D eigenvalue weighted by atomic mass is 16.3.